The van der Waals surface area contributed by atoms with Crippen molar-refractivity contribution < 1.29 is 4.74 Å². The Labute approximate surface area is 110 Å². The van der Waals surface area contributed by atoms with Crippen molar-refractivity contribution in [2.75, 3.05) is 24.2 Å². The summed E-state index contributed by atoms with van der Waals surface area (Å²) in [6.45, 7) is 3.94. The third-order valence-corrected chi connectivity index (χ3v) is 3.75. The number of nitrogens with zero attached hydrogens (tertiary/aromatic N) is 1. The first-order valence-corrected chi connectivity index (χ1v) is 6.76. The van der Waals surface area contributed by atoms with Crippen molar-refractivity contribution in [2.45, 2.75) is 25.9 Å². The second kappa shape index (κ2) is 5.69. The van der Waals surface area contributed by atoms with Gasteiger partial charge in [0.25, 0.3) is 0 Å². The minimum atomic E-state index is 0.384. The molecule has 1 aliphatic rings. The van der Waals surface area contributed by atoms with Crippen LogP contribution in [0.15, 0.2) is 16.7 Å². The molecule has 1 aromatic heterocycles. The van der Waals surface area contributed by atoms with Crippen molar-refractivity contribution in [3.8, 4) is 0 Å². The molecule has 2 rings (SSSR count). The van der Waals surface area contributed by atoms with E-state index in [9.17, 15) is 0 Å². The van der Waals surface area contributed by atoms with Gasteiger partial charge in [0.05, 0.1) is 22.5 Å². The molecule has 3 N–H and O–H groups in total. The maximum atomic E-state index is 5.66. The second-order valence-electron chi connectivity index (χ2n) is 4.35. The van der Waals surface area contributed by atoms with Crippen molar-refractivity contribution in [3.63, 3.8) is 0 Å². The van der Waals surface area contributed by atoms with Crippen LogP contribution in [-0.2, 0) is 4.74 Å². The van der Waals surface area contributed by atoms with E-state index >= 15 is 0 Å². The van der Waals surface area contributed by atoms with Crippen LogP contribution in [-0.4, -0.2) is 24.2 Å². The van der Waals surface area contributed by atoms with Crippen molar-refractivity contribution in [1.29, 1.82) is 0 Å². The van der Waals surface area contributed by atoms with Crippen molar-refractivity contribution in [1.82, 2.24) is 4.98 Å². The van der Waals surface area contributed by atoms with Gasteiger partial charge in [-0.05, 0) is 34.8 Å². The Morgan fingerprint density at radius 3 is 3.18 bits per heavy atom. The molecule has 94 valence electrons. The average Bonchev–Trinajstić information content (AvgIpc) is 2.75. The molecule has 0 amide bonds. The van der Waals surface area contributed by atoms with E-state index in [-0.39, 0.29) is 0 Å². The van der Waals surface area contributed by atoms with E-state index in [0.29, 0.717) is 17.7 Å². The number of nitrogens with one attached hydrogen (secondary N) is 1. The van der Waals surface area contributed by atoms with Crippen LogP contribution in [0.4, 0.5) is 11.5 Å². The van der Waals surface area contributed by atoms with E-state index in [1.807, 2.05) is 6.07 Å². The number of hydrogen-bond donors (Lipinski definition) is 2. The predicted molar refractivity (Wildman–Crippen MR) is 73.0 cm³/mol. The van der Waals surface area contributed by atoms with Gasteiger partial charge in [-0.2, -0.15) is 0 Å². The van der Waals surface area contributed by atoms with E-state index in [2.05, 4.69) is 33.2 Å². The van der Waals surface area contributed by atoms with E-state index < -0.39 is 0 Å². The number of ether oxygens (including phenoxy) is 1. The molecule has 1 saturated heterocycles. The van der Waals surface area contributed by atoms with Crippen LogP contribution >= 0.6 is 15.9 Å². The molecule has 2 atom stereocenters. The van der Waals surface area contributed by atoms with Gasteiger partial charge in [0.15, 0.2) is 0 Å². The van der Waals surface area contributed by atoms with Crippen LogP contribution in [0, 0.1) is 5.92 Å². The second-order valence-corrected chi connectivity index (χ2v) is 5.20. The lowest BCUT2D eigenvalue weighted by Crippen LogP contribution is -2.23. The Morgan fingerprint density at radius 2 is 2.47 bits per heavy atom. The molecule has 0 saturated carbocycles. The summed E-state index contributed by atoms with van der Waals surface area (Å²) in [6, 6.07) is 1.86. The Bertz CT molecular complexity index is 386. The van der Waals surface area contributed by atoms with Crippen molar-refractivity contribution >= 4 is 27.4 Å². The van der Waals surface area contributed by atoms with Gasteiger partial charge >= 0.3 is 0 Å². The summed E-state index contributed by atoms with van der Waals surface area (Å²) in [4.78, 5) is 4.27. The quantitative estimate of drug-likeness (QED) is 0.897. The third-order valence-electron chi connectivity index (χ3n) is 3.14. The van der Waals surface area contributed by atoms with Gasteiger partial charge in [-0.15, -0.1) is 0 Å². The van der Waals surface area contributed by atoms with Gasteiger partial charge in [0.2, 0.25) is 0 Å². The van der Waals surface area contributed by atoms with E-state index in [1.165, 1.54) is 0 Å². The number of anilines is 2. The van der Waals surface area contributed by atoms with Gasteiger partial charge in [0.1, 0.15) is 5.82 Å². The van der Waals surface area contributed by atoms with Crippen LogP contribution in [0.3, 0.4) is 0 Å². The van der Waals surface area contributed by atoms with Gasteiger partial charge in [-0.25, -0.2) is 4.98 Å². The molecule has 1 aromatic rings. The normalized spacial score (nSPS) is 23.9. The molecule has 4 nitrogen and oxygen atoms in total. The van der Waals surface area contributed by atoms with Crippen LogP contribution in [0.25, 0.3) is 0 Å². The first-order chi connectivity index (χ1) is 8.20. The summed E-state index contributed by atoms with van der Waals surface area (Å²) in [7, 11) is 0. The summed E-state index contributed by atoms with van der Waals surface area (Å²) in [5.41, 5.74) is 6.31. The Kier molecular flexibility index (Phi) is 4.23. The van der Waals surface area contributed by atoms with Gasteiger partial charge in [0, 0.05) is 19.1 Å². The van der Waals surface area contributed by atoms with Crippen LogP contribution in [0.1, 0.15) is 19.8 Å². The fraction of sp³-hybridized carbons (Fsp3) is 0.583. The molecular formula is C12H18BrN3O. The number of nitrogen functional groups attached to an aromatic ring is 1. The third kappa shape index (κ3) is 3.10. The van der Waals surface area contributed by atoms with Gasteiger partial charge in [-0.3, -0.25) is 0 Å². The largest absolute Gasteiger partial charge is 0.397 e. The molecule has 0 radical (unpaired) electrons. The maximum Gasteiger partial charge on any atom is 0.140 e. The number of pyridine rings is 1. The Balaban J connectivity index is 1.93. The highest BCUT2D eigenvalue weighted by Gasteiger charge is 2.26. The molecule has 1 fully saturated rings. The minimum absolute atomic E-state index is 0.384. The highest BCUT2D eigenvalue weighted by molar-refractivity contribution is 9.10. The van der Waals surface area contributed by atoms with Gasteiger partial charge in [-0.1, -0.05) is 6.92 Å². The van der Waals surface area contributed by atoms with Gasteiger partial charge < -0.3 is 15.8 Å². The van der Waals surface area contributed by atoms with Crippen LogP contribution in [0.5, 0.6) is 0 Å². The molecule has 5 heteroatoms. The summed E-state index contributed by atoms with van der Waals surface area (Å²) in [5.74, 6) is 1.42. The molecule has 1 aliphatic heterocycles. The van der Waals surface area contributed by atoms with E-state index in [1.54, 1.807) is 6.20 Å². The topological polar surface area (TPSA) is 60.2 Å². The van der Waals surface area contributed by atoms with E-state index in [0.717, 1.165) is 36.3 Å². The number of rotatable bonds is 4. The fourth-order valence-corrected chi connectivity index (χ4v) is 2.69. The lowest BCUT2D eigenvalue weighted by atomic mass is 10.00. The number of hydrogen-bond acceptors (Lipinski definition) is 4. The molecular weight excluding hydrogens is 282 g/mol. The zero-order valence-electron chi connectivity index (χ0n) is 9.95. The molecule has 0 aromatic carbocycles. The molecule has 17 heavy (non-hydrogen) atoms. The van der Waals surface area contributed by atoms with Crippen LogP contribution < -0.4 is 11.1 Å². The summed E-state index contributed by atoms with van der Waals surface area (Å²) in [6.07, 6.45) is 4.24. The highest BCUT2D eigenvalue weighted by Crippen LogP contribution is 2.26. The summed E-state index contributed by atoms with van der Waals surface area (Å²) in [5, 5.41) is 3.35. The zero-order valence-corrected chi connectivity index (χ0v) is 11.5. The molecule has 2 unspecified atom stereocenters. The SMILES string of the molecule is CCC1OCCC1CNc1ncc(N)cc1Br. The monoisotopic (exact) mass is 299 g/mol. The summed E-state index contributed by atoms with van der Waals surface area (Å²) >= 11 is 3.45. The zero-order chi connectivity index (χ0) is 12.3. The first-order valence-electron chi connectivity index (χ1n) is 5.97. The van der Waals surface area contributed by atoms with E-state index in [4.69, 9.17) is 10.5 Å². The predicted octanol–water partition coefficient (Wildman–Crippen LogP) is 2.65. The molecule has 0 bridgehead atoms. The number of aromatic nitrogens is 1. The molecule has 2 heterocycles. The summed E-state index contributed by atoms with van der Waals surface area (Å²) < 4.78 is 6.57. The van der Waals surface area contributed by atoms with Crippen molar-refractivity contribution in [3.05, 3.63) is 16.7 Å². The molecule has 0 spiro atoms. The highest BCUT2D eigenvalue weighted by atomic mass is 79.9. The Hall–Kier alpha value is -0.810. The lowest BCUT2D eigenvalue weighted by molar-refractivity contribution is 0.0900. The molecule has 0 aliphatic carbocycles. The Morgan fingerprint density at radius 1 is 1.65 bits per heavy atom. The first kappa shape index (κ1) is 12.6. The fourth-order valence-electron chi connectivity index (χ4n) is 2.19. The smallest absolute Gasteiger partial charge is 0.140 e. The average molecular weight is 300 g/mol. The van der Waals surface area contributed by atoms with Crippen molar-refractivity contribution in [2.24, 2.45) is 5.92 Å². The lowest BCUT2D eigenvalue weighted by Gasteiger charge is -2.18. The standard InChI is InChI=1S/C12H18BrN3O/c1-2-11-8(3-4-17-11)6-15-12-10(13)5-9(14)7-16-12/h5,7-8,11H,2-4,6,14H2,1H3,(H,15,16). The number of nitrogens with two attached hydrogens (primary N) is 1. The minimum Gasteiger partial charge on any atom is -0.397 e. The maximum absolute atomic E-state index is 5.66. The number of halogens is 1. The van der Waals surface area contributed by atoms with Crippen LogP contribution in [0.2, 0.25) is 0 Å².